The summed E-state index contributed by atoms with van der Waals surface area (Å²) in [5.41, 5.74) is 0.612. The van der Waals surface area contributed by atoms with Gasteiger partial charge in [0.1, 0.15) is 11.4 Å². The van der Waals surface area contributed by atoms with Gasteiger partial charge in [0, 0.05) is 26.1 Å². The second-order valence-electron chi connectivity index (χ2n) is 8.07. The van der Waals surface area contributed by atoms with Crippen LogP contribution in [0.5, 0.6) is 5.75 Å². The topological polar surface area (TPSA) is 67.9 Å². The third-order valence-corrected chi connectivity index (χ3v) is 4.78. The molecule has 0 radical (unpaired) electrons. The van der Waals surface area contributed by atoms with Crippen molar-refractivity contribution in [2.45, 2.75) is 51.7 Å². The minimum Gasteiger partial charge on any atom is -0.480 e. The zero-order valence-electron chi connectivity index (χ0n) is 15.8. The standard InChI is InChI=1S/C20H28N2O4/c1-20(2,3)26-19(24)21-13-14-8-10-22(11-9-14)18(23)17-12-15-6-4-5-7-16(15)25-17/h4-7,14,17H,8-13H2,1-3H3,(H,21,24). The zero-order valence-corrected chi connectivity index (χ0v) is 15.8. The first-order valence-corrected chi connectivity index (χ1v) is 9.32. The number of carbonyl (C=O) groups is 2. The van der Waals surface area contributed by atoms with Crippen molar-refractivity contribution in [3.8, 4) is 5.75 Å². The number of nitrogens with zero attached hydrogens (tertiary/aromatic N) is 1. The lowest BCUT2D eigenvalue weighted by atomic mass is 9.96. The van der Waals surface area contributed by atoms with Gasteiger partial charge >= 0.3 is 6.09 Å². The summed E-state index contributed by atoms with van der Waals surface area (Å²) in [6, 6.07) is 7.82. The molecule has 1 aromatic carbocycles. The number of benzene rings is 1. The minimum atomic E-state index is -0.487. The normalized spacial score (nSPS) is 20.3. The molecule has 0 spiro atoms. The van der Waals surface area contributed by atoms with E-state index in [1.165, 1.54) is 0 Å². The molecule has 2 amide bonds. The van der Waals surface area contributed by atoms with Gasteiger partial charge in [0.05, 0.1) is 0 Å². The SMILES string of the molecule is CC(C)(C)OC(=O)NCC1CCN(C(=O)C2Cc3ccccc3O2)CC1. The van der Waals surface area contributed by atoms with Crippen LogP contribution in [0, 0.1) is 5.92 Å². The number of piperidine rings is 1. The molecule has 6 nitrogen and oxygen atoms in total. The molecule has 3 rings (SSSR count). The van der Waals surface area contributed by atoms with Gasteiger partial charge in [0.25, 0.3) is 5.91 Å². The summed E-state index contributed by atoms with van der Waals surface area (Å²) < 4.78 is 11.1. The number of ether oxygens (including phenoxy) is 2. The van der Waals surface area contributed by atoms with E-state index in [-0.39, 0.29) is 12.0 Å². The summed E-state index contributed by atoms with van der Waals surface area (Å²) in [4.78, 5) is 26.3. The van der Waals surface area contributed by atoms with Gasteiger partial charge in [-0.25, -0.2) is 4.79 Å². The van der Waals surface area contributed by atoms with Crippen molar-refractivity contribution in [2.75, 3.05) is 19.6 Å². The van der Waals surface area contributed by atoms with Crippen LogP contribution in [0.2, 0.25) is 0 Å². The highest BCUT2D eigenvalue weighted by atomic mass is 16.6. The lowest BCUT2D eigenvalue weighted by Crippen LogP contribution is -2.47. The number of likely N-dealkylation sites (tertiary alicyclic amines) is 1. The Labute approximate surface area is 154 Å². The van der Waals surface area contributed by atoms with Crippen LogP contribution in [-0.2, 0) is 16.0 Å². The Hall–Kier alpha value is -2.24. The van der Waals surface area contributed by atoms with Crippen LogP contribution in [0.1, 0.15) is 39.2 Å². The zero-order chi connectivity index (χ0) is 18.7. The third kappa shape index (κ3) is 4.68. The number of fused-ring (bicyclic) bond motifs is 1. The molecule has 1 unspecified atom stereocenters. The summed E-state index contributed by atoms with van der Waals surface area (Å²) in [5, 5.41) is 2.83. The molecule has 1 N–H and O–H groups in total. The Morgan fingerprint density at radius 2 is 1.92 bits per heavy atom. The molecule has 1 atom stereocenters. The van der Waals surface area contributed by atoms with Crippen molar-refractivity contribution < 1.29 is 19.1 Å². The molecule has 142 valence electrons. The molecule has 0 aromatic heterocycles. The molecule has 2 aliphatic rings. The Kier molecular flexibility index (Phi) is 5.39. The van der Waals surface area contributed by atoms with Crippen molar-refractivity contribution in [3.63, 3.8) is 0 Å². The van der Waals surface area contributed by atoms with Crippen LogP contribution in [0.15, 0.2) is 24.3 Å². The number of alkyl carbamates (subject to hydrolysis) is 1. The molecule has 1 aromatic rings. The van der Waals surface area contributed by atoms with Crippen molar-refractivity contribution in [3.05, 3.63) is 29.8 Å². The fourth-order valence-corrected chi connectivity index (χ4v) is 3.42. The first-order chi connectivity index (χ1) is 12.3. The van der Waals surface area contributed by atoms with Gasteiger partial charge < -0.3 is 19.7 Å². The summed E-state index contributed by atoms with van der Waals surface area (Å²) in [7, 11) is 0. The molecule has 1 fully saturated rings. The van der Waals surface area contributed by atoms with Gasteiger partial charge in [-0.2, -0.15) is 0 Å². The van der Waals surface area contributed by atoms with Crippen molar-refractivity contribution in [1.29, 1.82) is 0 Å². The van der Waals surface area contributed by atoms with E-state index in [9.17, 15) is 9.59 Å². The number of rotatable bonds is 3. The highest BCUT2D eigenvalue weighted by molar-refractivity contribution is 5.82. The molecule has 0 saturated carbocycles. The number of hydrogen-bond donors (Lipinski definition) is 1. The van der Waals surface area contributed by atoms with Crippen LogP contribution >= 0.6 is 0 Å². The smallest absolute Gasteiger partial charge is 0.407 e. The maximum Gasteiger partial charge on any atom is 0.407 e. The average Bonchev–Trinajstić information content (AvgIpc) is 3.02. The predicted octanol–water partition coefficient (Wildman–Crippen LogP) is 2.75. The van der Waals surface area contributed by atoms with Gasteiger partial charge in [0.15, 0.2) is 6.10 Å². The highest BCUT2D eigenvalue weighted by Gasteiger charge is 2.34. The minimum absolute atomic E-state index is 0.0692. The van der Waals surface area contributed by atoms with Crippen LogP contribution in [-0.4, -0.2) is 48.2 Å². The second-order valence-corrected chi connectivity index (χ2v) is 8.07. The maximum absolute atomic E-state index is 12.7. The van der Waals surface area contributed by atoms with Crippen molar-refractivity contribution in [1.82, 2.24) is 10.2 Å². The first kappa shape index (κ1) is 18.5. The molecular weight excluding hydrogens is 332 g/mol. The van der Waals surface area contributed by atoms with E-state index in [2.05, 4.69) is 5.32 Å². The fraction of sp³-hybridized carbons (Fsp3) is 0.600. The largest absolute Gasteiger partial charge is 0.480 e. The number of amides is 2. The first-order valence-electron chi connectivity index (χ1n) is 9.32. The van der Waals surface area contributed by atoms with E-state index in [1.54, 1.807) is 0 Å². The molecular formula is C20H28N2O4. The summed E-state index contributed by atoms with van der Waals surface area (Å²) in [6.45, 7) is 7.54. The molecule has 2 heterocycles. The van der Waals surface area contributed by atoms with Gasteiger partial charge in [-0.05, 0) is 51.2 Å². The summed E-state index contributed by atoms with van der Waals surface area (Å²) in [5.74, 6) is 1.26. The van der Waals surface area contributed by atoms with Gasteiger partial charge in [0.2, 0.25) is 0 Å². The van der Waals surface area contributed by atoms with E-state index in [1.807, 2.05) is 49.9 Å². The van der Waals surface area contributed by atoms with Crippen LogP contribution in [0.3, 0.4) is 0 Å². The van der Waals surface area contributed by atoms with E-state index in [0.717, 1.165) is 24.2 Å². The van der Waals surface area contributed by atoms with Crippen molar-refractivity contribution in [2.24, 2.45) is 5.92 Å². The molecule has 0 aliphatic carbocycles. The Bertz CT molecular complexity index is 635. The summed E-state index contributed by atoms with van der Waals surface area (Å²) in [6.07, 6.45) is 1.62. The van der Waals surface area contributed by atoms with E-state index < -0.39 is 11.7 Å². The number of hydrogen-bond acceptors (Lipinski definition) is 4. The van der Waals surface area contributed by atoms with Crippen molar-refractivity contribution >= 4 is 12.0 Å². The monoisotopic (exact) mass is 360 g/mol. The van der Waals surface area contributed by atoms with Crippen LogP contribution in [0.25, 0.3) is 0 Å². The molecule has 6 heteroatoms. The number of nitrogens with one attached hydrogen (secondary N) is 1. The fourth-order valence-electron chi connectivity index (χ4n) is 3.42. The quantitative estimate of drug-likeness (QED) is 0.900. The van der Waals surface area contributed by atoms with Crippen LogP contribution < -0.4 is 10.1 Å². The number of para-hydroxylation sites is 1. The van der Waals surface area contributed by atoms with Gasteiger partial charge in [-0.3, -0.25) is 4.79 Å². The molecule has 26 heavy (non-hydrogen) atoms. The summed E-state index contributed by atoms with van der Waals surface area (Å²) >= 11 is 0. The van der Waals surface area contributed by atoms with Gasteiger partial charge in [-0.15, -0.1) is 0 Å². The highest BCUT2D eigenvalue weighted by Crippen LogP contribution is 2.29. The Balaban J connectivity index is 1.41. The maximum atomic E-state index is 12.7. The van der Waals surface area contributed by atoms with Crippen LogP contribution in [0.4, 0.5) is 4.79 Å². The molecule has 0 bridgehead atoms. The van der Waals surface area contributed by atoms with E-state index in [4.69, 9.17) is 9.47 Å². The molecule has 2 aliphatic heterocycles. The molecule has 1 saturated heterocycles. The lowest BCUT2D eigenvalue weighted by molar-refractivity contribution is -0.139. The Morgan fingerprint density at radius 1 is 1.23 bits per heavy atom. The lowest BCUT2D eigenvalue weighted by Gasteiger charge is -2.33. The number of carbonyl (C=O) groups excluding carboxylic acids is 2. The average molecular weight is 360 g/mol. The second kappa shape index (κ2) is 7.56. The van der Waals surface area contributed by atoms with E-state index >= 15 is 0 Å². The Morgan fingerprint density at radius 3 is 2.58 bits per heavy atom. The predicted molar refractivity (Wildman–Crippen MR) is 98.1 cm³/mol. The van der Waals surface area contributed by atoms with E-state index in [0.29, 0.717) is 32.0 Å². The third-order valence-electron chi connectivity index (χ3n) is 4.78. The van der Waals surface area contributed by atoms with Gasteiger partial charge in [-0.1, -0.05) is 18.2 Å².